The van der Waals surface area contributed by atoms with Crippen LogP contribution in [0.1, 0.15) is 12.6 Å². The molecule has 2 aromatic carbocycles. The first-order chi connectivity index (χ1) is 13.5. The molecule has 1 aromatic heterocycles. The lowest BCUT2D eigenvalue weighted by Gasteiger charge is -2.16. The molecular formula is C21H19BrClN3O2. The van der Waals surface area contributed by atoms with Gasteiger partial charge in [0.05, 0.1) is 10.7 Å². The van der Waals surface area contributed by atoms with Crippen LogP contribution in [0.3, 0.4) is 0 Å². The fourth-order valence-electron chi connectivity index (χ4n) is 2.44. The Hall–Kier alpha value is -2.57. The van der Waals surface area contributed by atoms with E-state index in [2.05, 4.69) is 31.5 Å². The molecule has 0 spiro atoms. The van der Waals surface area contributed by atoms with Crippen molar-refractivity contribution in [2.75, 3.05) is 10.6 Å². The second kappa shape index (κ2) is 9.57. The number of rotatable bonds is 7. The summed E-state index contributed by atoms with van der Waals surface area (Å²) in [5.41, 5.74) is 2.28. The zero-order chi connectivity index (χ0) is 19.9. The Morgan fingerprint density at radius 3 is 2.57 bits per heavy atom. The monoisotopic (exact) mass is 459 g/mol. The summed E-state index contributed by atoms with van der Waals surface area (Å²) < 4.78 is 6.67. The molecule has 144 valence electrons. The van der Waals surface area contributed by atoms with Gasteiger partial charge in [-0.1, -0.05) is 33.6 Å². The van der Waals surface area contributed by atoms with E-state index in [1.54, 1.807) is 25.3 Å². The van der Waals surface area contributed by atoms with E-state index in [1.165, 1.54) is 0 Å². The summed E-state index contributed by atoms with van der Waals surface area (Å²) >= 11 is 9.68. The number of nitrogens with one attached hydrogen (secondary N) is 2. The number of aromatic nitrogens is 1. The Morgan fingerprint density at radius 2 is 1.89 bits per heavy atom. The van der Waals surface area contributed by atoms with Crippen molar-refractivity contribution in [3.63, 3.8) is 0 Å². The van der Waals surface area contributed by atoms with E-state index in [1.807, 2.05) is 48.5 Å². The molecule has 7 heteroatoms. The Morgan fingerprint density at radius 1 is 1.14 bits per heavy atom. The van der Waals surface area contributed by atoms with Crippen LogP contribution in [0.25, 0.3) is 0 Å². The van der Waals surface area contributed by atoms with Gasteiger partial charge in [-0.05, 0) is 61.5 Å². The van der Waals surface area contributed by atoms with Crippen molar-refractivity contribution in [3.05, 3.63) is 82.0 Å². The number of halogens is 2. The van der Waals surface area contributed by atoms with E-state index in [4.69, 9.17) is 16.3 Å². The van der Waals surface area contributed by atoms with Gasteiger partial charge in [-0.3, -0.25) is 9.78 Å². The molecule has 1 heterocycles. The molecule has 0 fully saturated rings. The summed E-state index contributed by atoms with van der Waals surface area (Å²) in [5.74, 6) is 0.416. The maximum atomic E-state index is 12.4. The summed E-state index contributed by atoms with van der Waals surface area (Å²) in [7, 11) is 0. The van der Waals surface area contributed by atoms with Gasteiger partial charge in [-0.15, -0.1) is 0 Å². The van der Waals surface area contributed by atoms with Gasteiger partial charge in [-0.25, -0.2) is 0 Å². The third-order valence-corrected chi connectivity index (χ3v) is 4.75. The molecule has 5 nitrogen and oxygen atoms in total. The summed E-state index contributed by atoms with van der Waals surface area (Å²) in [6.45, 7) is 2.12. The van der Waals surface area contributed by atoms with Gasteiger partial charge in [0.1, 0.15) is 18.4 Å². The van der Waals surface area contributed by atoms with Crippen molar-refractivity contribution in [3.8, 4) is 5.75 Å². The lowest BCUT2D eigenvalue weighted by molar-refractivity contribution is -0.116. The van der Waals surface area contributed by atoms with Gasteiger partial charge >= 0.3 is 0 Å². The lowest BCUT2D eigenvalue weighted by Crippen LogP contribution is -2.31. The Bertz CT molecular complexity index is 936. The minimum atomic E-state index is -0.444. The SMILES string of the molecule is C[C@@H](Nc1ccc(OCc2ccccn2)c(Cl)c1)C(=O)Nc1ccc(Br)cc1. The van der Waals surface area contributed by atoms with Crippen LogP contribution >= 0.6 is 27.5 Å². The first-order valence-corrected chi connectivity index (χ1v) is 9.83. The Kier molecular flexibility index (Phi) is 6.90. The fraction of sp³-hybridized carbons (Fsp3) is 0.143. The lowest BCUT2D eigenvalue weighted by atomic mass is 10.2. The van der Waals surface area contributed by atoms with Gasteiger partial charge in [-0.2, -0.15) is 0 Å². The van der Waals surface area contributed by atoms with Crippen LogP contribution in [-0.4, -0.2) is 16.9 Å². The summed E-state index contributed by atoms with van der Waals surface area (Å²) in [6.07, 6.45) is 1.72. The minimum Gasteiger partial charge on any atom is -0.486 e. The first kappa shape index (κ1) is 20.2. The summed E-state index contributed by atoms with van der Waals surface area (Å²) in [5, 5.41) is 6.47. The van der Waals surface area contributed by atoms with Crippen molar-refractivity contribution in [2.45, 2.75) is 19.6 Å². The van der Waals surface area contributed by atoms with Crippen LogP contribution in [0, 0.1) is 0 Å². The molecule has 0 aliphatic heterocycles. The number of ether oxygens (including phenoxy) is 1. The molecule has 0 aliphatic rings. The van der Waals surface area contributed by atoms with Crippen molar-refractivity contribution < 1.29 is 9.53 Å². The Balaban J connectivity index is 1.57. The number of hydrogen-bond acceptors (Lipinski definition) is 4. The fourth-order valence-corrected chi connectivity index (χ4v) is 2.94. The molecule has 0 unspecified atom stereocenters. The van der Waals surface area contributed by atoms with Crippen molar-refractivity contribution in [1.82, 2.24) is 4.98 Å². The molecule has 0 radical (unpaired) electrons. The number of pyridine rings is 1. The zero-order valence-electron chi connectivity index (χ0n) is 15.2. The predicted molar refractivity (Wildman–Crippen MR) is 116 cm³/mol. The van der Waals surface area contributed by atoms with E-state index in [0.29, 0.717) is 17.4 Å². The summed E-state index contributed by atoms with van der Waals surface area (Å²) in [6, 6.07) is 17.9. The van der Waals surface area contributed by atoms with Crippen LogP contribution < -0.4 is 15.4 Å². The highest BCUT2D eigenvalue weighted by Gasteiger charge is 2.14. The molecule has 1 amide bonds. The topological polar surface area (TPSA) is 63.2 Å². The molecule has 1 atom stereocenters. The van der Waals surface area contributed by atoms with Crippen LogP contribution in [0.5, 0.6) is 5.75 Å². The molecule has 0 aliphatic carbocycles. The molecule has 0 saturated carbocycles. The molecule has 2 N–H and O–H groups in total. The van der Waals surface area contributed by atoms with E-state index in [9.17, 15) is 4.79 Å². The second-order valence-electron chi connectivity index (χ2n) is 6.12. The highest BCUT2D eigenvalue weighted by Crippen LogP contribution is 2.28. The molecule has 3 aromatic rings. The molecule has 3 rings (SSSR count). The van der Waals surface area contributed by atoms with E-state index >= 15 is 0 Å². The number of hydrogen-bond donors (Lipinski definition) is 2. The highest BCUT2D eigenvalue weighted by molar-refractivity contribution is 9.10. The third-order valence-electron chi connectivity index (χ3n) is 3.92. The third kappa shape index (κ3) is 5.71. The number of nitrogens with zero attached hydrogens (tertiary/aromatic N) is 1. The second-order valence-corrected chi connectivity index (χ2v) is 7.44. The van der Waals surface area contributed by atoms with E-state index in [-0.39, 0.29) is 5.91 Å². The van der Waals surface area contributed by atoms with Gasteiger partial charge in [0.25, 0.3) is 0 Å². The normalized spacial score (nSPS) is 11.5. The molecule has 0 bridgehead atoms. The van der Waals surface area contributed by atoms with Gasteiger partial charge in [0, 0.05) is 22.0 Å². The van der Waals surface area contributed by atoms with Crippen LogP contribution in [0.4, 0.5) is 11.4 Å². The summed E-state index contributed by atoms with van der Waals surface area (Å²) in [4.78, 5) is 16.6. The number of carbonyl (C=O) groups excluding carboxylic acids is 1. The molecular weight excluding hydrogens is 442 g/mol. The van der Waals surface area contributed by atoms with Gasteiger partial charge < -0.3 is 15.4 Å². The highest BCUT2D eigenvalue weighted by atomic mass is 79.9. The van der Waals surface area contributed by atoms with Crippen LogP contribution in [0.2, 0.25) is 5.02 Å². The zero-order valence-corrected chi connectivity index (χ0v) is 17.5. The number of amides is 1. The van der Waals surface area contributed by atoms with Gasteiger partial charge in [0.15, 0.2) is 0 Å². The van der Waals surface area contributed by atoms with E-state index in [0.717, 1.165) is 21.5 Å². The quantitative estimate of drug-likeness (QED) is 0.487. The van der Waals surface area contributed by atoms with E-state index < -0.39 is 6.04 Å². The maximum absolute atomic E-state index is 12.4. The predicted octanol–water partition coefficient (Wildman–Crippen LogP) is 5.52. The average Bonchev–Trinajstić information content (AvgIpc) is 2.70. The number of anilines is 2. The smallest absolute Gasteiger partial charge is 0.246 e. The van der Waals surface area contributed by atoms with Gasteiger partial charge in [0.2, 0.25) is 5.91 Å². The standard InChI is InChI=1S/C21H19BrClN3O2/c1-14(21(27)26-16-7-5-15(22)6-8-16)25-17-9-10-20(19(23)12-17)28-13-18-4-2-3-11-24-18/h2-12,14,25H,13H2,1H3,(H,26,27)/t14-/m1/s1. The van der Waals surface area contributed by atoms with Crippen LogP contribution in [-0.2, 0) is 11.4 Å². The van der Waals surface area contributed by atoms with Crippen molar-refractivity contribution in [2.24, 2.45) is 0 Å². The largest absolute Gasteiger partial charge is 0.486 e. The maximum Gasteiger partial charge on any atom is 0.246 e. The van der Waals surface area contributed by atoms with Crippen molar-refractivity contribution >= 4 is 44.8 Å². The molecule has 28 heavy (non-hydrogen) atoms. The average molecular weight is 461 g/mol. The minimum absolute atomic E-state index is 0.145. The molecule has 0 saturated heterocycles. The number of benzene rings is 2. The van der Waals surface area contributed by atoms with Crippen LogP contribution in [0.15, 0.2) is 71.3 Å². The first-order valence-electron chi connectivity index (χ1n) is 8.66. The Labute approximate surface area is 177 Å². The number of carbonyl (C=O) groups is 1. The van der Waals surface area contributed by atoms with Crippen molar-refractivity contribution in [1.29, 1.82) is 0 Å².